The van der Waals surface area contributed by atoms with E-state index in [9.17, 15) is 4.79 Å². The molecular formula is C28H36ClN5O. The molecule has 1 amide bonds. The average Bonchev–Trinajstić information content (AvgIpc) is 3.32. The number of amides is 1. The maximum Gasteiger partial charge on any atom is 0.255 e. The Hall–Kier alpha value is -2.67. The Morgan fingerprint density at radius 1 is 1.00 bits per heavy atom. The number of nitrogens with zero attached hydrogens (tertiary/aromatic N) is 3. The summed E-state index contributed by atoms with van der Waals surface area (Å²) < 4.78 is 1.99. The monoisotopic (exact) mass is 493 g/mol. The fourth-order valence-corrected chi connectivity index (χ4v) is 5.25. The third-order valence-corrected chi connectivity index (χ3v) is 7.23. The summed E-state index contributed by atoms with van der Waals surface area (Å²) in [6.07, 6.45) is 5.78. The van der Waals surface area contributed by atoms with Gasteiger partial charge >= 0.3 is 0 Å². The van der Waals surface area contributed by atoms with Crippen molar-refractivity contribution in [1.82, 2.24) is 25.3 Å². The standard InChI is InChI=1S/C28H35N5O.ClH/c1-21-7-9-25(10-8-21)33-27(23-11-15-29-16-12-23)26(19-30-33)28(34)31-24-13-17-32(18-14-24)20-22-5-3-2-4-6-22;/h2-10,19,23-24,29H,11-18,20H2,1H3,(H,31,34);1H. The number of rotatable bonds is 6. The predicted octanol–water partition coefficient (Wildman–Crippen LogP) is 4.46. The summed E-state index contributed by atoms with van der Waals surface area (Å²) in [4.78, 5) is 15.9. The van der Waals surface area contributed by atoms with Crippen LogP contribution in [0, 0.1) is 6.92 Å². The Bertz CT molecular complexity index is 1080. The first-order chi connectivity index (χ1) is 16.7. The lowest BCUT2D eigenvalue weighted by Gasteiger charge is -2.32. The van der Waals surface area contributed by atoms with E-state index in [2.05, 4.69) is 77.1 Å². The van der Waals surface area contributed by atoms with Crippen LogP contribution in [0.3, 0.4) is 0 Å². The fraction of sp³-hybridized carbons (Fsp3) is 0.429. The molecule has 2 fully saturated rings. The molecule has 2 N–H and O–H groups in total. The van der Waals surface area contributed by atoms with Crippen LogP contribution < -0.4 is 10.6 Å². The smallest absolute Gasteiger partial charge is 0.255 e. The number of carbonyl (C=O) groups excluding carboxylic acids is 1. The van der Waals surface area contributed by atoms with Crippen molar-refractivity contribution < 1.29 is 4.79 Å². The highest BCUT2D eigenvalue weighted by Gasteiger charge is 2.29. The molecule has 0 atom stereocenters. The molecule has 0 saturated carbocycles. The minimum absolute atomic E-state index is 0. The summed E-state index contributed by atoms with van der Waals surface area (Å²) in [6.45, 7) is 7.03. The summed E-state index contributed by atoms with van der Waals surface area (Å²) >= 11 is 0. The quantitative estimate of drug-likeness (QED) is 0.532. The lowest BCUT2D eigenvalue weighted by Crippen LogP contribution is -2.44. The molecule has 35 heavy (non-hydrogen) atoms. The van der Waals surface area contributed by atoms with Gasteiger partial charge in [-0.15, -0.1) is 12.4 Å². The normalized spacial score (nSPS) is 17.6. The van der Waals surface area contributed by atoms with Crippen molar-refractivity contribution in [2.75, 3.05) is 26.2 Å². The van der Waals surface area contributed by atoms with Crippen molar-refractivity contribution in [3.05, 3.63) is 83.2 Å². The molecule has 0 bridgehead atoms. The molecule has 2 saturated heterocycles. The van der Waals surface area contributed by atoms with E-state index < -0.39 is 0 Å². The van der Waals surface area contributed by atoms with E-state index >= 15 is 0 Å². The molecule has 5 rings (SSSR count). The zero-order chi connectivity index (χ0) is 23.3. The molecule has 186 valence electrons. The van der Waals surface area contributed by atoms with Gasteiger partial charge in [0.15, 0.2) is 0 Å². The number of hydrogen-bond donors (Lipinski definition) is 2. The van der Waals surface area contributed by atoms with Crippen LogP contribution >= 0.6 is 12.4 Å². The van der Waals surface area contributed by atoms with Crippen LogP contribution in [0.15, 0.2) is 60.8 Å². The number of halogens is 1. The van der Waals surface area contributed by atoms with Gasteiger partial charge in [0.25, 0.3) is 5.91 Å². The van der Waals surface area contributed by atoms with Crippen LogP contribution in [-0.4, -0.2) is 52.8 Å². The number of benzene rings is 2. The van der Waals surface area contributed by atoms with Crippen LogP contribution in [0.1, 0.15) is 58.8 Å². The molecular weight excluding hydrogens is 458 g/mol. The highest BCUT2D eigenvalue weighted by molar-refractivity contribution is 5.95. The van der Waals surface area contributed by atoms with E-state index in [1.165, 1.54) is 11.1 Å². The van der Waals surface area contributed by atoms with Gasteiger partial charge in [-0.3, -0.25) is 9.69 Å². The van der Waals surface area contributed by atoms with Gasteiger partial charge in [0.1, 0.15) is 0 Å². The fourth-order valence-electron chi connectivity index (χ4n) is 5.25. The second-order valence-electron chi connectivity index (χ2n) is 9.72. The molecule has 1 aromatic heterocycles. The number of likely N-dealkylation sites (tertiary alicyclic amines) is 1. The summed E-state index contributed by atoms with van der Waals surface area (Å²) in [7, 11) is 0. The molecule has 0 aliphatic carbocycles. The Labute approximate surface area is 214 Å². The average molecular weight is 494 g/mol. The third-order valence-electron chi connectivity index (χ3n) is 7.23. The number of piperidine rings is 2. The molecule has 6 nitrogen and oxygen atoms in total. The van der Waals surface area contributed by atoms with Gasteiger partial charge in [-0.05, 0) is 63.4 Å². The Balaban J connectivity index is 0.00000289. The molecule has 2 aliphatic heterocycles. The first-order valence-electron chi connectivity index (χ1n) is 12.6. The van der Waals surface area contributed by atoms with Gasteiger partial charge < -0.3 is 10.6 Å². The second kappa shape index (κ2) is 11.8. The Morgan fingerprint density at radius 3 is 2.37 bits per heavy atom. The topological polar surface area (TPSA) is 62.2 Å². The maximum absolute atomic E-state index is 13.5. The number of carbonyl (C=O) groups is 1. The van der Waals surface area contributed by atoms with Crippen LogP contribution in [0.4, 0.5) is 0 Å². The first-order valence-corrected chi connectivity index (χ1v) is 12.6. The lowest BCUT2D eigenvalue weighted by atomic mass is 9.91. The van der Waals surface area contributed by atoms with Crippen molar-refractivity contribution in [3.63, 3.8) is 0 Å². The summed E-state index contributed by atoms with van der Waals surface area (Å²) in [5, 5.41) is 11.5. The predicted molar refractivity (Wildman–Crippen MR) is 143 cm³/mol. The van der Waals surface area contributed by atoms with Crippen LogP contribution in [0.2, 0.25) is 0 Å². The van der Waals surface area contributed by atoms with Crippen LogP contribution in [0.25, 0.3) is 5.69 Å². The molecule has 3 heterocycles. The van der Waals surface area contributed by atoms with Gasteiger partial charge in [0.05, 0.1) is 23.1 Å². The molecule has 0 radical (unpaired) electrons. The van der Waals surface area contributed by atoms with Crippen molar-refractivity contribution in [2.45, 2.75) is 51.1 Å². The van der Waals surface area contributed by atoms with Crippen LogP contribution in [-0.2, 0) is 6.54 Å². The molecule has 0 spiro atoms. The summed E-state index contributed by atoms with van der Waals surface area (Å²) in [5.74, 6) is 0.354. The molecule has 3 aromatic rings. The van der Waals surface area contributed by atoms with Crippen LogP contribution in [0.5, 0.6) is 0 Å². The molecule has 0 unspecified atom stereocenters. The Kier molecular flexibility index (Phi) is 8.60. The van der Waals surface area contributed by atoms with Gasteiger partial charge in [-0.25, -0.2) is 4.68 Å². The van der Waals surface area contributed by atoms with Gasteiger partial charge in [0, 0.05) is 31.6 Å². The maximum atomic E-state index is 13.5. The van der Waals surface area contributed by atoms with E-state index in [1.807, 2.05) is 4.68 Å². The molecule has 2 aliphatic rings. The van der Waals surface area contributed by atoms with E-state index in [1.54, 1.807) is 6.20 Å². The zero-order valence-electron chi connectivity index (χ0n) is 20.5. The number of aryl methyl sites for hydroxylation is 1. The minimum atomic E-state index is 0. The highest BCUT2D eigenvalue weighted by Crippen LogP contribution is 2.30. The van der Waals surface area contributed by atoms with Crippen molar-refractivity contribution in [1.29, 1.82) is 0 Å². The van der Waals surface area contributed by atoms with E-state index in [-0.39, 0.29) is 24.4 Å². The van der Waals surface area contributed by atoms with Gasteiger partial charge in [0.2, 0.25) is 0 Å². The van der Waals surface area contributed by atoms with Crippen molar-refractivity contribution >= 4 is 18.3 Å². The first kappa shape index (κ1) is 25.4. The van der Waals surface area contributed by atoms with E-state index in [4.69, 9.17) is 5.10 Å². The highest BCUT2D eigenvalue weighted by atomic mass is 35.5. The minimum Gasteiger partial charge on any atom is -0.349 e. The molecule has 7 heteroatoms. The van der Waals surface area contributed by atoms with Crippen molar-refractivity contribution in [2.24, 2.45) is 0 Å². The van der Waals surface area contributed by atoms with E-state index in [0.29, 0.717) is 5.92 Å². The second-order valence-corrected chi connectivity index (χ2v) is 9.72. The third kappa shape index (κ3) is 6.13. The van der Waals surface area contributed by atoms with Gasteiger partial charge in [-0.1, -0.05) is 48.0 Å². The number of nitrogens with one attached hydrogen (secondary N) is 2. The Morgan fingerprint density at radius 2 is 1.69 bits per heavy atom. The largest absolute Gasteiger partial charge is 0.349 e. The molecule has 2 aromatic carbocycles. The SMILES string of the molecule is Cc1ccc(-n2ncc(C(=O)NC3CCN(Cc4ccccc4)CC3)c2C2CCNCC2)cc1.Cl. The van der Waals surface area contributed by atoms with E-state index in [0.717, 1.165) is 75.4 Å². The zero-order valence-corrected chi connectivity index (χ0v) is 21.3. The number of aromatic nitrogens is 2. The van der Waals surface area contributed by atoms with Crippen molar-refractivity contribution in [3.8, 4) is 5.69 Å². The summed E-state index contributed by atoms with van der Waals surface area (Å²) in [6, 6.07) is 19.2. The lowest BCUT2D eigenvalue weighted by molar-refractivity contribution is 0.0907. The summed E-state index contributed by atoms with van der Waals surface area (Å²) in [5.41, 5.74) is 5.38. The number of hydrogen-bond acceptors (Lipinski definition) is 4. The van der Waals surface area contributed by atoms with Gasteiger partial charge in [-0.2, -0.15) is 5.10 Å².